The number of hydrogen-bond acceptors (Lipinski definition) is 2. The van der Waals surface area contributed by atoms with Crippen LogP contribution in [0.1, 0.15) is 5.56 Å². The van der Waals surface area contributed by atoms with E-state index >= 15 is 0 Å². The van der Waals surface area contributed by atoms with Gasteiger partial charge in [0.2, 0.25) is 0 Å². The van der Waals surface area contributed by atoms with Gasteiger partial charge in [0.15, 0.2) is 0 Å². The summed E-state index contributed by atoms with van der Waals surface area (Å²) in [6.45, 7) is 1.92. The van der Waals surface area contributed by atoms with E-state index in [0.717, 1.165) is 71.1 Å². The van der Waals surface area contributed by atoms with Gasteiger partial charge in [-0.25, -0.2) is 0 Å². The van der Waals surface area contributed by atoms with Crippen LogP contribution in [-0.2, 0) is 4.57 Å². The number of nitriles is 1. The first-order valence-corrected chi connectivity index (χ1v) is 16.6. The fourth-order valence-electron chi connectivity index (χ4n) is 6.94. The number of nitrogens with zero attached hydrogens (tertiary/aromatic N) is 1. The first-order chi connectivity index (χ1) is 21.1. The number of hydrogen-bond donors (Lipinski definition) is 0. The molecule has 1 aliphatic heterocycles. The Kier molecular flexibility index (Phi) is 5.73. The van der Waals surface area contributed by atoms with Crippen LogP contribution in [-0.4, -0.2) is 6.66 Å². The molecule has 8 rings (SSSR count). The van der Waals surface area contributed by atoms with Crippen molar-refractivity contribution < 1.29 is 4.57 Å². The third-order valence-electron chi connectivity index (χ3n) is 8.82. The molecule has 202 valence electrons. The van der Waals surface area contributed by atoms with E-state index in [2.05, 4.69) is 103 Å². The van der Waals surface area contributed by atoms with E-state index in [1.54, 1.807) is 0 Å². The van der Waals surface area contributed by atoms with Crippen LogP contribution in [0.25, 0.3) is 66.1 Å². The van der Waals surface area contributed by atoms with Crippen molar-refractivity contribution in [1.29, 1.82) is 5.26 Å². The predicted octanol–water partition coefficient (Wildman–Crippen LogP) is 9.79. The van der Waals surface area contributed by atoms with Crippen LogP contribution in [0, 0.1) is 11.3 Å². The lowest BCUT2D eigenvalue weighted by Gasteiger charge is -2.21. The van der Waals surface area contributed by atoms with Crippen molar-refractivity contribution in [2.75, 3.05) is 6.66 Å². The predicted molar refractivity (Wildman–Crippen MR) is 181 cm³/mol. The number of fused-ring (bicyclic) bond motifs is 5. The van der Waals surface area contributed by atoms with Gasteiger partial charge in [-0.3, -0.25) is 0 Å². The molecule has 0 N–H and O–H groups in total. The second kappa shape index (κ2) is 9.67. The fourth-order valence-corrected chi connectivity index (χ4v) is 9.51. The van der Waals surface area contributed by atoms with Crippen LogP contribution in [0.2, 0.25) is 0 Å². The van der Waals surface area contributed by atoms with Crippen LogP contribution >= 0.6 is 7.14 Å². The molecule has 0 saturated heterocycles. The molecule has 0 bridgehead atoms. The Morgan fingerprint density at radius 1 is 0.512 bits per heavy atom. The van der Waals surface area contributed by atoms with Crippen molar-refractivity contribution in [3.8, 4) is 50.6 Å². The van der Waals surface area contributed by atoms with Crippen molar-refractivity contribution in [3.05, 3.63) is 145 Å². The van der Waals surface area contributed by atoms with E-state index < -0.39 is 7.14 Å². The van der Waals surface area contributed by atoms with Crippen molar-refractivity contribution >= 4 is 39.3 Å². The molecule has 3 heteroatoms. The molecule has 0 fully saturated rings. The average molecular weight is 568 g/mol. The van der Waals surface area contributed by atoms with E-state index in [1.807, 2.05) is 49.1 Å². The molecule has 2 nitrogen and oxygen atoms in total. The van der Waals surface area contributed by atoms with E-state index in [9.17, 15) is 9.83 Å². The monoisotopic (exact) mass is 567 g/mol. The fraction of sp³-hybridized carbons (Fsp3) is 0.0250. The van der Waals surface area contributed by atoms with Gasteiger partial charge >= 0.3 is 0 Å². The minimum Gasteiger partial charge on any atom is -0.314 e. The molecule has 43 heavy (non-hydrogen) atoms. The zero-order valence-corrected chi connectivity index (χ0v) is 24.5. The smallest absolute Gasteiger partial charge is 0.142 e. The zero-order chi connectivity index (χ0) is 29.1. The third kappa shape index (κ3) is 3.83. The lowest BCUT2D eigenvalue weighted by Crippen LogP contribution is -2.11. The Morgan fingerprint density at radius 3 is 1.72 bits per heavy atom. The van der Waals surface area contributed by atoms with Crippen LogP contribution < -0.4 is 10.6 Å². The molecule has 0 aliphatic carbocycles. The Labute approximate surface area is 250 Å². The Morgan fingerprint density at radius 2 is 1.05 bits per heavy atom. The molecular formula is C40H26NOP. The van der Waals surface area contributed by atoms with Gasteiger partial charge in [-0.15, -0.1) is 0 Å². The lowest BCUT2D eigenvalue weighted by atomic mass is 9.85. The molecule has 7 aromatic rings. The van der Waals surface area contributed by atoms with Crippen LogP contribution in [0.3, 0.4) is 0 Å². The summed E-state index contributed by atoms with van der Waals surface area (Å²) in [5.41, 5.74) is 9.40. The normalized spacial score (nSPS) is 15.3. The lowest BCUT2D eigenvalue weighted by molar-refractivity contribution is 0.591. The van der Waals surface area contributed by atoms with Crippen molar-refractivity contribution in [1.82, 2.24) is 0 Å². The number of rotatable bonds is 3. The van der Waals surface area contributed by atoms with Gasteiger partial charge in [0.05, 0.1) is 11.6 Å². The summed E-state index contributed by atoms with van der Waals surface area (Å²) < 4.78 is 14.6. The van der Waals surface area contributed by atoms with Gasteiger partial charge in [-0.1, -0.05) is 127 Å². The molecule has 1 aliphatic rings. The molecule has 7 aromatic carbocycles. The first-order valence-electron chi connectivity index (χ1n) is 14.4. The zero-order valence-electron chi connectivity index (χ0n) is 23.6. The van der Waals surface area contributed by atoms with E-state index in [4.69, 9.17) is 0 Å². The number of benzene rings is 7. The topological polar surface area (TPSA) is 40.9 Å². The molecule has 0 spiro atoms. The minimum absolute atomic E-state index is 0.654. The molecule has 0 radical (unpaired) electrons. The van der Waals surface area contributed by atoms with Crippen molar-refractivity contribution in [3.63, 3.8) is 0 Å². The highest BCUT2D eigenvalue weighted by atomic mass is 31.2. The summed E-state index contributed by atoms with van der Waals surface area (Å²) in [4.78, 5) is 0. The van der Waals surface area contributed by atoms with Crippen LogP contribution in [0.4, 0.5) is 0 Å². The molecule has 1 atom stereocenters. The second-order valence-corrected chi connectivity index (χ2v) is 14.0. The van der Waals surface area contributed by atoms with Gasteiger partial charge in [0.25, 0.3) is 0 Å². The Balaban J connectivity index is 1.40. The molecule has 0 aromatic heterocycles. The highest BCUT2D eigenvalue weighted by molar-refractivity contribution is 7.79. The summed E-state index contributed by atoms with van der Waals surface area (Å²) in [5, 5.41) is 15.9. The molecule has 0 amide bonds. The quantitative estimate of drug-likeness (QED) is 0.158. The third-order valence-corrected chi connectivity index (χ3v) is 11.5. The second-order valence-electron chi connectivity index (χ2n) is 11.3. The summed E-state index contributed by atoms with van der Waals surface area (Å²) in [7, 11) is -2.81. The van der Waals surface area contributed by atoms with Crippen molar-refractivity contribution in [2.45, 2.75) is 0 Å². The Bertz CT molecular complexity index is 2290. The highest BCUT2D eigenvalue weighted by Gasteiger charge is 2.37. The summed E-state index contributed by atoms with van der Waals surface area (Å²) in [5.74, 6) is 0. The summed E-state index contributed by atoms with van der Waals surface area (Å²) in [6, 6.07) is 50.3. The van der Waals surface area contributed by atoms with Crippen molar-refractivity contribution in [2.24, 2.45) is 0 Å². The van der Waals surface area contributed by atoms with Crippen LogP contribution in [0.15, 0.2) is 140 Å². The standard InChI is InChI=1S/C40H26NOP/c1-43(42)37-19-7-6-12-30(37)35-17-9-18-36(40(35)43)39-33-15-4-2-13-31(33)38(32-14-3-5-16-34(32)39)28-22-20-27(21-23-28)29-11-8-10-26(24-29)25-41/h2-24H,1H3. The SMILES string of the molecule is CP1(=O)c2ccccc2-c2cccc(-c3c4ccccc4c(-c4ccc(-c5cccc(C#N)c5)cc4)c4ccccc34)c21. The Hall–Kier alpha value is -5.22. The van der Waals surface area contributed by atoms with E-state index in [1.165, 1.54) is 5.56 Å². The largest absolute Gasteiger partial charge is 0.314 e. The molecule has 1 unspecified atom stereocenters. The van der Waals surface area contributed by atoms with Gasteiger partial charge < -0.3 is 4.57 Å². The van der Waals surface area contributed by atoms with Gasteiger partial charge in [-0.2, -0.15) is 5.26 Å². The molecule has 0 saturated carbocycles. The first kappa shape index (κ1) is 25.5. The maximum Gasteiger partial charge on any atom is 0.142 e. The average Bonchev–Trinajstić information content (AvgIpc) is 3.30. The van der Waals surface area contributed by atoms with E-state index in [0.29, 0.717) is 5.56 Å². The summed E-state index contributed by atoms with van der Waals surface area (Å²) in [6.07, 6.45) is 0. The van der Waals surface area contributed by atoms with Crippen LogP contribution in [0.5, 0.6) is 0 Å². The molecule has 1 heterocycles. The van der Waals surface area contributed by atoms with Gasteiger partial charge in [0.1, 0.15) is 7.14 Å². The van der Waals surface area contributed by atoms with Gasteiger partial charge in [-0.05, 0) is 84.9 Å². The highest BCUT2D eigenvalue weighted by Crippen LogP contribution is 2.54. The minimum atomic E-state index is -2.81. The van der Waals surface area contributed by atoms with E-state index in [-0.39, 0.29) is 0 Å². The maximum absolute atomic E-state index is 14.6. The van der Waals surface area contributed by atoms with Gasteiger partial charge in [0, 0.05) is 10.6 Å². The molecular weight excluding hydrogens is 541 g/mol. The summed E-state index contributed by atoms with van der Waals surface area (Å²) >= 11 is 0. The maximum atomic E-state index is 14.6.